The maximum absolute atomic E-state index is 15.0. The smallest absolute Gasteiger partial charge is 0.410 e. The predicted molar refractivity (Wildman–Crippen MR) is 167 cm³/mol. The van der Waals surface area contributed by atoms with Crippen LogP contribution in [0.4, 0.5) is 15.0 Å². The van der Waals surface area contributed by atoms with Crippen molar-refractivity contribution >= 4 is 34.5 Å². The van der Waals surface area contributed by atoms with Gasteiger partial charge in [0.05, 0.1) is 27.5 Å². The first-order chi connectivity index (χ1) is 20.3. The predicted octanol–water partition coefficient (Wildman–Crippen LogP) is 6.51. The van der Waals surface area contributed by atoms with Crippen LogP contribution in [-0.2, 0) is 4.74 Å². The summed E-state index contributed by atoms with van der Waals surface area (Å²) in [5.41, 5.74) is 1.68. The Hall–Kier alpha value is -4.05. The molecule has 1 atom stereocenters. The summed E-state index contributed by atoms with van der Waals surface area (Å²) in [6, 6.07) is 9.57. The number of fused-ring (bicyclic) bond motifs is 1. The molecule has 0 N–H and O–H groups in total. The summed E-state index contributed by atoms with van der Waals surface area (Å²) in [4.78, 5) is 44.5. The van der Waals surface area contributed by atoms with Gasteiger partial charge in [0.2, 0.25) is 0 Å². The van der Waals surface area contributed by atoms with Crippen molar-refractivity contribution in [2.45, 2.75) is 66.0 Å². The number of halogens is 2. The van der Waals surface area contributed by atoms with Crippen LogP contribution in [0.25, 0.3) is 28.0 Å². The highest BCUT2D eigenvalue weighted by Crippen LogP contribution is 2.36. The third-order valence-corrected chi connectivity index (χ3v) is 7.69. The standard InChI is InChI=1S/C32H36ClFN6O3/c1-18(2)25-27(19(3)12-13-35-25)40-29-22(16-23(33)26(36-29)21-10-8-9-11-24(21)34)28(37-30(40)41)39-15-14-38(17-20(39)4)31(42)43-32(5,6)7/h8-13,16,18,20H,14-15,17H2,1-7H3. The number of benzene rings is 1. The van der Waals surface area contributed by atoms with Gasteiger partial charge in [0, 0.05) is 37.4 Å². The molecule has 1 fully saturated rings. The molecule has 1 saturated heterocycles. The molecule has 0 spiro atoms. The number of hydrogen-bond acceptors (Lipinski definition) is 7. The zero-order chi connectivity index (χ0) is 31.2. The number of aryl methyl sites for hydroxylation is 1. The molecule has 0 aliphatic carbocycles. The van der Waals surface area contributed by atoms with Crippen LogP contribution in [-0.4, -0.2) is 61.8 Å². The molecule has 1 unspecified atom stereocenters. The molecule has 4 heterocycles. The number of ether oxygens (including phenoxy) is 1. The highest BCUT2D eigenvalue weighted by Gasteiger charge is 2.33. The van der Waals surface area contributed by atoms with Gasteiger partial charge in [-0.15, -0.1) is 0 Å². The maximum Gasteiger partial charge on any atom is 0.410 e. The first-order valence-electron chi connectivity index (χ1n) is 14.4. The van der Waals surface area contributed by atoms with Crippen LogP contribution in [0.3, 0.4) is 0 Å². The quantitative estimate of drug-likeness (QED) is 0.261. The molecule has 1 aliphatic rings. The number of carbonyl (C=O) groups excluding carboxylic acids is 1. The summed E-state index contributed by atoms with van der Waals surface area (Å²) < 4.78 is 22.0. The van der Waals surface area contributed by atoms with Crippen molar-refractivity contribution in [2.75, 3.05) is 24.5 Å². The Morgan fingerprint density at radius 1 is 1.14 bits per heavy atom. The van der Waals surface area contributed by atoms with Crippen LogP contribution in [0.5, 0.6) is 0 Å². The van der Waals surface area contributed by atoms with Gasteiger partial charge in [-0.3, -0.25) is 4.98 Å². The van der Waals surface area contributed by atoms with Crippen molar-refractivity contribution in [3.8, 4) is 16.9 Å². The van der Waals surface area contributed by atoms with Crippen LogP contribution in [0.1, 0.15) is 58.7 Å². The molecule has 0 saturated carbocycles. The van der Waals surface area contributed by atoms with Gasteiger partial charge in [-0.1, -0.05) is 37.6 Å². The van der Waals surface area contributed by atoms with Gasteiger partial charge in [-0.05, 0) is 70.4 Å². The Morgan fingerprint density at radius 2 is 1.86 bits per heavy atom. The van der Waals surface area contributed by atoms with E-state index in [0.717, 1.165) is 5.56 Å². The van der Waals surface area contributed by atoms with Crippen LogP contribution in [0, 0.1) is 12.7 Å². The first-order valence-corrected chi connectivity index (χ1v) is 14.7. The van der Waals surface area contributed by atoms with E-state index in [-0.39, 0.29) is 40.0 Å². The van der Waals surface area contributed by atoms with Gasteiger partial charge < -0.3 is 14.5 Å². The van der Waals surface area contributed by atoms with Crippen LogP contribution in [0.15, 0.2) is 47.4 Å². The molecule has 43 heavy (non-hydrogen) atoms. The lowest BCUT2D eigenvalue weighted by atomic mass is 10.0. The fourth-order valence-corrected chi connectivity index (χ4v) is 5.67. The van der Waals surface area contributed by atoms with E-state index in [2.05, 4.69) is 9.97 Å². The molecule has 11 heteroatoms. The summed E-state index contributed by atoms with van der Waals surface area (Å²) >= 11 is 6.79. The normalized spacial score (nSPS) is 15.8. The molecular formula is C32H36ClFN6O3. The number of hydrogen-bond donors (Lipinski definition) is 0. The number of anilines is 1. The molecule has 0 bridgehead atoms. The van der Waals surface area contributed by atoms with Gasteiger partial charge in [0.15, 0.2) is 5.65 Å². The van der Waals surface area contributed by atoms with Crippen molar-refractivity contribution in [1.29, 1.82) is 0 Å². The fraction of sp³-hybridized carbons (Fsp3) is 0.406. The third kappa shape index (κ3) is 5.93. The second-order valence-corrected chi connectivity index (χ2v) is 12.6. The highest BCUT2D eigenvalue weighted by atomic mass is 35.5. The Kier molecular flexibility index (Phi) is 8.17. The summed E-state index contributed by atoms with van der Waals surface area (Å²) in [6.45, 7) is 14.5. The molecule has 1 amide bonds. The fourth-order valence-electron chi connectivity index (χ4n) is 5.42. The van der Waals surface area contributed by atoms with Crippen molar-refractivity contribution in [3.63, 3.8) is 0 Å². The molecule has 3 aromatic heterocycles. The van der Waals surface area contributed by atoms with E-state index in [1.54, 1.807) is 35.4 Å². The molecule has 5 rings (SSSR count). The minimum atomic E-state index is -0.614. The number of carbonyl (C=O) groups is 1. The van der Waals surface area contributed by atoms with Gasteiger partial charge in [0.25, 0.3) is 0 Å². The minimum Gasteiger partial charge on any atom is -0.444 e. The van der Waals surface area contributed by atoms with Gasteiger partial charge in [-0.2, -0.15) is 4.98 Å². The number of pyridine rings is 2. The Morgan fingerprint density at radius 3 is 2.51 bits per heavy atom. The number of amides is 1. The van der Waals surface area contributed by atoms with Gasteiger partial charge in [0.1, 0.15) is 17.2 Å². The lowest BCUT2D eigenvalue weighted by Gasteiger charge is -2.41. The van der Waals surface area contributed by atoms with Crippen molar-refractivity contribution in [3.05, 3.63) is 75.2 Å². The van der Waals surface area contributed by atoms with E-state index >= 15 is 0 Å². The third-order valence-electron chi connectivity index (χ3n) is 7.41. The summed E-state index contributed by atoms with van der Waals surface area (Å²) in [6.07, 6.45) is 1.32. The summed E-state index contributed by atoms with van der Waals surface area (Å²) in [5.74, 6) is -0.0859. The SMILES string of the molecule is Cc1ccnc(C(C)C)c1-n1c(=O)nc(N2CCN(C(=O)OC(C)(C)C)CC2C)c2cc(Cl)c(-c3ccccc3F)nc21. The highest BCUT2D eigenvalue weighted by molar-refractivity contribution is 6.33. The van der Waals surface area contributed by atoms with Crippen molar-refractivity contribution in [1.82, 2.24) is 24.4 Å². The van der Waals surface area contributed by atoms with Crippen molar-refractivity contribution in [2.24, 2.45) is 0 Å². The number of nitrogens with zero attached hydrogens (tertiary/aromatic N) is 6. The van der Waals surface area contributed by atoms with Crippen LogP contribution < -0.4 is 10.6 Å². The lowest BCUT2D eigenvalue weighted by Crippen LogP contribution is -2.55. The second-order valence-electron chi connectivity index (χ2n) is 12.2. The number of piperazine rings is 1. The molecule has 0 radical (unpaired) electrons. The molecular weight excluding hydrogens is 571 g/mol. The van der Waals surface area contributed by atoms with E-state index in [1.807, 2.05) is 59.4 Å². The molecule has 1 aliphatic heterocycles. The van der Waals surface area contributed by atoms with E-state index in [9.17, 15) is 14.0 Å². The topological polar surface area (TPSA) is 93.5 Å². The number of aromatic nitrogens is 4. The summed E-state index contributed by atoms with van der Waals surface area (Å²) in [7, 11) is 0. The monoisotopic (exact) mass is 606 g/mol. The maximum atomic E-state index is 15.0. The average Bonchev–Trinajstić information content (AvgIpc) is 2.92. The zero-order valence-corrected chi connectivity index (χ0v) is 26.2. The van der Waals surface area contributed by atoms with Gasteiger partial charge in [-0.25, -0.2) is 23.5 Å². The Balaban J connectivity index is 1.72. The summed E-state index contributed by atoms with van der Waals surface area (Å²) in [5, 5.41) is 0.748. The minimum absolute atomic E-state index is 0.00387. The zero-order valence-electron chi connectivity index (χ0n) is 25.5. The molecule has 1 aromatic carbocycles. The average molecular weight is 607 g/mol. The van der Waals surface area contributed by atoms with Crippen LogP contribution in [0.2, 0.25) is 5.02 Å². The molecule has 9 nitrogen and oxygen atoms in total. The van der Waals surface area contributed by atoms with E-state index in [1.165, 1.54) is 10.6 Å². The Bertz CT molecular complexity index is 1770. The Labute approximate surface area is 255 Å². The lowest BCUT2D eigenvalue weighted by molar-refractivity contribution is 0.0218. The molecule has 226 valence electrons. The van der Waals surface area contributed by atoms with Gasteiger partial charge >= 0.3 is 11.8 Å². The van der Waals surface area contributed by atoms with E-state index in [0.29, 0.717) is 42.2 Å². The second kappa shape index (κ2) is 11.6. The van der Waals surface area contributed by atoms with Crippen LogP contribution >= 0.6 is 11.6 Å². The number of rotatable bonds is 4. The largest absolute Gasteiger partial charge is 0.444 e. The van der Waals surface area contributed by atoms with Crippen molar-refractivity contribution < 1.29 is 13.9 Å². The first kappa shape index (κ1) is 30.4. The van der Waals surface area contributed by atoms with E-state index < -0.39 is 17.1 Å². The van der Waals surface area contributed by atoms with E-state index in [4.69, 9.17) is 21.3 Å². The molecule has 4 aromatic rings.